The summed E-state index contributed by atoms with van der Waals surface area (Å²) >= 11 is 0. The third-order valence-corrected chi connectivity index (χ3v) is 8.33. The quantitative estimate of drug-likeness (QED) is 0.561. The van der Waals surface area contributed by atoms with Crippen molar-refractivity contribution in [1.82, 2.24) is 9.21 Å². The van der Waals surface area contributed by atoms with Gasteiger partial charge in [-0.3, -0.25) is 9.69 Å². The molecule has 2 aromatic carbocycles. The highest BCUT2D eigenvalue weighted by molar-refractivity contribution is 7.89. The van der Waals surface area contributed by atoms with E-state index >= 15 is 0 Å². The Labute approximate surface area is 202 Å². The summed E-state index contributed by atoms with van der Waals surface area (Å²) < 4.78 is 80.4. The van der Waals surface area contributed by atoms with Crippen LogP contribution in [0.1, 0.15) is 36.1 Å². The van der Waals surface area contributed by atoms with Gasteiger partial charge in [-0.15, -0.1) is 0 Å². The van der Waals surface area contributed by atoms with Crippen LogP contribution in [-0.4, -0.2) is 60.4 Å². The van der Waals surface area contributed by atoms with Crippen LogP contribution >= 0.6 is 0 Å². The minimum atomic E-state index is -4.75. The molecule has 0 saturated carbocycles. The van der Waals surface area contributed by atoms with Gasteiger partial charge in [0.05, 0.1) is 16.9 Å². The van der Waals surface area contributed by atoms with E-state index in [0.29, 0.717) is 42.7 Å². The average molecular weight is 517 g/mol. The first-order chi connectivity index (χ1) is 16.2. The number of sulfonamides is 1. The zero-order valence-electron chi connectivity index (χ0n) is 19.6. The van der Waals surface area contributed by atoms with E-state index < -0.39 is 45.6 Å². The first kappa shape index (κ1) is 27.1. The highest BCUT2D eigenvalue weighted by Crippen LogP contribution is 2.32. The second-order valence-electron chi connectivity index (χ2n) is 9.01. The van der Waals surface area contributed by atoms with Gasteiger partial charge in [0.25, 0.3) is 0 Å². The lowest BCUT2D eigenvalue weighted by Crippen LogP contribution is -2.58. The number of hydrogen-bond donors (Lipinski definition) is 1. The number of carboxylic acid groups (broad SMARTS) is 1. The summed E-state index contributed by atoms with van der Waals surface area (Å²) in [5.41, 5.74) is 0.250. The molecular weight excluding hydrogens is 488 g/mol. The Bertz CT molecular complexity index is 1190. The smallest absolute Gasteiger partial charge is 0.419 e. The summed E-state index contributed by atoms with van der Waals surface area (Å²) in [6.45, 7) is 6.47. The first-order valence-electron chi connectivity index (χ1n) is 11.1. The predicted octanol–water partition coefficient (Wildman–Crippen LogP) is 4.11. The SMILES string of the molecule is Cc1ccc(S(=O)(=O)N2[C@H](C)CN(CCc3ccc(C(F)(F)F)c(F)c3)C[C@@H]2C)cc1CC(=O)O. The number of carboxylic acids is 1. The van der Waals surface area contributed by atoms with Gasteiger partial charge in [0, 0.05) is 31.7 Å². The summed E-state index contributed by atoms with van der Waals surface area (Å²) in [5, 5.41) is 9.11. The molecule has 0 aliphatic carbocycles. The molecule has 2 aromatic rings. The molecule has 0 bridgehead atoms. The standard InChI is InChI=1S/C24H28F4N2O4S/c1-15-4-6-20(11-19(15)12-23(31)32)35(33,34)30-16(2)13-29(14-17(30)3)9-8-18-5-7-21(22(25)10-18)24(26,27)28/h4-7,10-11,16-17H,8-9,12-14H2,1-3H3,(H,31,32)/t16-,17+. The van der Waals surface area contributed by atoms with Crippen molar-refractivity contribution in [2.45, 2.75) is 56.8 Å². The number of hydrogen-bond acceptors (Lipinski definition) is 4. The maximum Gasteiger partial charge on any atom is 0.419 e. The maximum atomic E-state index is 13.9. The molecule has 3 rings (SSSR count). The van der Waals surface area contributed by atoms with Crippen molar-refractivity contribution >= 4 is 16.0 Å². The van der Waals surface area contributed by atoms with Crippen molar-refractivity contribution in [1.29, 1.82) is 0 Å². The molecule has 35 heavy (non-hydrogen) atoms. The van der Waals surface area contributed by atoms with Gasteiger partial charge in [0.1, 0.15) is 5.82 Å². The van der Waals surface area contributed by atoms with Crippen LogP contribution in [0.3, 0.4) is 0 Å². The summed E-state index contributed by atoms with van der Waals surface area (Å²) in [6, 6.07) is 6.55. The number of aryl methyl sites for hydroxylation is 1. The monoisotopic (exact) mass is 516 g/mol. The van der Waals surface area contributed by atoms with Crippen molar-refractivity contribution < 1.29 is 35.9 Å². The molecule has 1 heterocycles. The molecule has 11 heteroatoms. The molecule has 1 aliphatic rings. The van der Waals surface area contributed by atoms with Crippen LogP contribution in [0.15, 0.2) is 41.3 Å². The number of aliphatic carboxylic acids is 1. The molecule has 1 aliphatic heterocycles. The van der Waals surface area contributed by atoms with Gasteiger partial charge < -0.3 is 5.11 Å². The highest BCUT2D eigenvalue weighted by Gasteiger charge is 2.38. The molecule has 6 nitrogen and oxygen atoms in total. The van der Waals surface area contributed by atoms with E-state index in [0.717, 1.165) is 12.1 Å². The Hall–Kier alpha value is -2.50. The highest BCUT2D eigenvalue weighted by atomic mass is 32.2. The number of nitrogens with zero attached hydrogens (tertiary/aromatic N) is 2. The third-order valence-electron chi connectivity index (χ3n) is 6.21. The molecule has 0 amide bonds. The second kappa shape index (κ2) is 10.2. The van der Waals surface area contributed by atoms with Crippen molar-refractivity contribution in [2.75, 3.05) is 19.6 Å². The minimum absolute atomic E-state index is 0.0340. The van der Waals surface area contributed by atoms with E-state index in [1.54, 1.807) is 26.8 Å². The lowest BCUT2D eigenvalue weighted by Gasteiger charge is -2.43. The number of piperazine rings is 1. The number of benzene rings is 2. The average Bonchev–Trinajstić information content (AvgIpc) is 2.72. The van der Waals surface area contributed by atoms with Crippen LogP contribution in [0, 0.1) is 12.7 Å². The molecule has 0 aromatic heterocycles. The number of rotatable bonds is 7. The largest absolute Gasteiger partial charge is 0.481 e. The van der Waals surface area contributed by atoms with Crippen LogP contribution < -0.4 is 0 Å². The lowest BCUT2D eigenvalue weighted by molar-refractivity contribution is -0.140. The third kappa shape index (κ3) is 6.20. The Kier molecular flexibility index (Phi) is 7.93. The Balaban J connectivity index is 1.71. The van der Waals surface area contributed by atoms with Crippen LogP contribution in [-0.2, 0) is 33.8 Å². The Morgan fingerprint density at radius 2 is 1.71 bits per heavy atom. The van der Waals surface area contributed by atoms with E-state index in [1.165, 1.54) is 22.5 Å². The summed E-state index contributed by atoms with van der Waals surface area (Å²) in [7, 11) is -3.89. The van der Waals surface area contributed by atoms with Crippen molar-refractivity contribution in [3.05, 3.63) is 64.5 Å². The van der Waals surface area contributed by atoms with Crippen LogP contribution in [0.25, 0.3) is 0 Å². The molecular formula is C24H28F4N2O4S. The molecule has 192 valence electrons. The van der Waals surface area contributed by atoms with Crippen LogP contribution in [0.5, 0.6) is 0 Å². The van der Waals surface area contributed by atoms with Crippen LogP contribution in [0.4, 0.5) is 17.6 Å². The van der Waals surface area contributed by atoms with Gasteiger partial charge in [0.2, 0.25) is 10.0 Å². The molecule has 1 fully saturated rings. The van der Waals surface area contributed by atoms with Crippen LogP contribution in [0.2, 0.25) is 0 Å². The molecule has 1 N–H and O–H groups in total. The van der Waals surface area contributed by atoms with Gasteiger partial charge in [-0.1, -0.05) is 12.1 Å². The summed E-state index contributed by atoms with van der Waals surface area (Å²) in [6.07, 6.45) is -4.71. The fraction of sp³-hybridized carbons (Fsp3) is 0.458. The Morgan fingerprint density at radius 1 is 1.09 bits per heavy atom. The maximum absolute atomic E-state index is 13.9. The molecule has 0 unspecified atom stereocenters. The molecule has 1 saturated heterocycles. The van der Waals surface area contributed by atoms with E-state index in [-0.39, 0.29) is 11.3 Å². The minimum Gasteiger partial charge on any atom is -0.481 e. The van der Waals surface area contributed by atoms with Gasteiger partial charge in [-0.05, 0) is 68.1 Å². The number of alkyl halides is 3. The topological polar surface area (TPSA) is 77.9 Å². The fourth-order valence-electron chi connectivity index (χ4n) is 4.59. The van der Waals surface area contributed by atoms with E-state index in [4.69, 9.17) is 5.11 Å². The number of carbonyl (C=O) groups is 1. The molecule has 2 atom stereocenters. The van der Waals surface area contributed by atoms with Crippen molar-refractivity contribution in [3.63, 3.8) is 0 Å². The van der Waals surface area contributed by atoms with E-state index in [2.05, 4.69) is 0 Å². The summed E-state index contributed by atoms with van der Waals surface area (Å²) in [5.74, 6) is -2.36. The second-order valence-corrected chi connectivity index (χ2v) is 10.9. The van der Waals surface area contributed by atoms with Gasteiger partial charge in [0.15, 0.2) is 0 Å². The van der Waals surface area contributed by atoms with Crippen molar-refractivity contribution in [2.24, 2.45) is 0 Å². The van der Waals surface area contributed by atoms with Crippen molar-refractivity contribution in [3.8, 4) is 0 Å². The fourth-order valence-corrected chi connectivity index (χ4v) is 6.44. The summed E-state index contributed by atoms with van der Waals surface area (Å²) in [4.78, 5) is 13.2. The predicted molar refractivity (Wildman–Crippen MR) is 122 cm³/mol. The molecule has 0 radical (unpaired) electrons. The zero-order chi connectivity index (χ0) is 26.1. The first-order valence-corrected chi connectivity index (χ1v) is 12.6. The normalized spacial score (nSPS) is 20.2. The Morgan fingerprint density at radius 3 is 2.26 bits per heavy atom. The van der Waals surface area contributed by atoms with Gasteiger partial charge in [-0.2, -0.15) is 17.5 Å². The zero-order valence-corrected chi connectivity index (χ0v) is 20.5. The molecule has 0 spiro atoms. The van der Waals surface area contributed by atoms with Gasteiger partial charge in [-0.25, -0.2) is 12.8 Å². The van der Waals surface area contributed by atoms with E-state index in [9.17, 15) is 30.8 Å². The van der Waals surface area contributed by atoms with E-state index in [1.807, 2.05) is 4.90 Å². The number of halogens is 4. The van der Waals surface area contributed by atoms with Gasteiger partial charge >= 0.3 is 12.1 Å². The lowest BCUT2D eigenvalue weighted by atomic mass is 10.1.